The summed E-state index contributed by atoms with van der Waals surface area (Å²) in [5.74, 6) is 0.638. The highest BCUT2D eigenvalue weighted by Gasteiger charge is 2.55. The van der Waals surface area contributed by atoms with E-state index in [1.165, 1.54) is 0 Å². The van der Waals surface area contributed by atoms with Crippen molar-refractivity contribution in [3.63, 3.8) is 0 Å². The van der Waals surface area contributed by atoms with Crippen LogP contribution in [0.15, 0.2) is 48.8 Å². The minimum Gasteiger partial charge on any atom is -0.497 e. The van der Waals surface area contributed by atoms with E-state index in [1.54, 1.807) is 41.7 Å². The lowest BCUT2D eigenvalue weighted by molar-refractivity contribution is -0.143. The van der Waals surface area contributed by atoms with E-state index < -0.39 is 5.41 Å². The Labute approximate surface area is 152 Å². The van der Waals surface area contributed by atoms with E-state index >= 15 is 0 Å². The summed E-state index contributed by atoms with van der Waals surface area (Å²) in [7, 11) is 1.62. The van der Waals surface area contributed by atoms with Crippen LogP contribution in [0.1, 0.15) is 35.2 Å². The number of benzene rings is 1. The zero-order valence-corrected chi connectivity index (χ0v) is 14.7. The van der Waals surface area contributed by atoms with Gasteiger partial charge in [0.2, 0.25) is 0 Å². The summed E-state index contributed by atoms with van der Waals surface area (Å²) in [5.41, 5.74) is 1.04. The molecule has 134 valence electrons. The number of amides is 2. The molecule has 1 aromatic carbocycles. The van der Waals surface area contributed by atoms with Crippen LogP contribution in [0.2, 0.25) is 0 Å². The average Bonchev–Trinajstić information content (AvgIpc) is 3.37. The van der Waals surface area contributed by atoms with Crippen molar-refractivity contribution in [2.75, 3.05) is 20.2 Å². The second kappa shape index (κ2) is 6.44. The maximum atomic E-state index is 13.3. The number of carbonyl (C=O) groups is 2. The molecule has 4 rings (SSSR count). The number of pyridine rings is 1. The van der Waals surface area contributed by atoms with Gasteiger partial charge in [0.1, 0.15) is 5.75 Å². The number of methoxy groups -OCH3 is 1. The van der Waals surface area contributed by atoms with Crippen molar-refractivity contribution in [3.8, 4) is 5.75 Å². The van der Waals surface area contributed by atoms with Gasteiger partial charge in [-0.2, -0.15) is 0 Å². The predicted molar refractivity (Wildman–Crippen MR) is 95.5 cm³/mol. The van der Waals surface area contributed by atoms with Gasteiger partial charge in [-0.1, -0.05) is 12.1 Å². The monoisotopic (exact) mass is 351 g/mol. The third-order valence-electron chi connectivity index (χ3n) is 5.23. The largest absolute Gasteiger partial charge is 0.497 e. The van der Waals surface area contributed by atoms with Crippen LogP contribution >= 0.6 is 0 Å². The molecule has 2 aromatic rings. The molecule has 1 saturated carbocycles. The number of nitrogens with zero attached hydrogens (tertiary/aromatic N) is 3. The van der Waals surface area contributed by atoms with Crippen molar-refractivity contribution in [1.29, 1.82) is 0 Å². The Balaban J connectivity index is 1.57. The molecule has 1 aromatic heterocycles. The Hall–Kier alpha value is -2.89. The van der Waals surface area contributed by atoms with Gasteiger partial charge in [-0.05, 0) is 49.1 Å². The Morgan fingerprint density at radius 3 is 2.27 bits per heavy atom. The molecule has 2 amide bonds. The lowest BCUT2D eigenvalue weighted by Crippen LogP contribution is -2.48. The topological polar surface area (TPSA) is 62.7 Å². The van der Waals surface area contributed by atoms with Gasteiger partial charge in [0.05, 0.1) is 12.5 Å². The second-order valence-corrected chi connectivity index (χ2v) is 6.76. The van der Waals surface area contributed by atoms with E-state index in [0.29, 0.717) is 18.7 Å². The van der Waals surface area contributed by atoms with Crippen LogP contribution in [0.4, 0.5) is 0 Å². The quantitative estimate of drug-likeness (QED) is 0.849. The molecule has 0 bridgehead atoms. The Morgan fingerprint density at radius 2 is 1.65 bits per heavy atom. The summed E-state index contributed by atoms with van der Waals surface area (Å²) < 4.78 is 5.21. The zero-order chi connectivity index (χ0) is 18.1. The predicted octanol–water partition coefficient (Wildman–Crippen LogP) is 2.41. The number of carbonyl (C=O) groups excluding carboxylic acids is 2. The molecule has 1 saturated heterocycles. The molecular weight excluding hydrogens is 330 g/mol. The van der Waals surface area contributed by atoms with Gasteiger partial charge in [-0.15, -0.1) is 0 Å². The molecule has 26 heavy (non-hydrogen) atoms. The summed E-state index contributed by atoms with van der Waals surface area (Å²) >= 11 is 0. The number of hydrazine groups is 1. The van der Waals surface area contributed by atoms with Crippen molar-refractivity contribution in [2.45, 2.75) is 24.7 Å². The maximum absolute atomic E-state index is 13.3. The molecule has 2 fully saturated rings. The fraction of sp³-hybridized carbons (Fsp3) is 0.350. The molecule has 6 nitrogen and oxygen atoms in total. The van der Waals surface area contributed by atoms with Crippen molar-refractivity contribution >= 4 is 11.8 Å². The Bertz CT molecular complexity index is 816. The SMILES string of the molecule is COc1ccc(C2(C(=O)N3CCCN3C(=O)c3ccncc3)CC2)cc1. The molecule has 0 N–H and O–H groups in total. The number of hydrogen-bond acceptors (Lipinski definition) is 4. The van der Waals surface area contributed by atoms with Crippen LogP contribution in [0.25, 0.3) is 0 Å². The molecule has 0 radical (unpaired) electrons. The lowest BCUT2D eigenvalue weighted by Gasteiger charge is -2.31. The van der Waals surface area contributed by atoms with Gasteiger partial charge in [-0.3, -0.25) is 19.6 Å². The molecule has 2 heterocycles. The van der Waals surface area contributed by atoms with Gasteiger partial charge in [0.15, 0.2) is 0 Å². The van der Waals surface area contributed by atoms with Crippen LogP contribution < -0.4 is 4.74 Å². The minimum absolute atomic E-state index is 0.0163. The fourth-order valence-corrected chi connectivity index (χ4v) is 3.59. The maximum Gasteiger partial charge on any atom is 0.272 e. The smallest absolute Gasteiger partial charge is 0.272 e. The highest BCUT2D eigenvalue weighted by Crippen LogP contribution is 2.50. The van der Waals surface area contributed by atoms with Crippen molar-refractivity contribution in [1.82, 2.24) is 15.0 Å². The van der Waals surface area contributed by atoms with E-state index in [-0.39, 0.29) is 11.8 Å². The normalized spacial score (nSPS) is 17.9. The first-order valence-corrected chi connectivity index (χ1v) is 8.84. The molecule has 0 atom stereocenters. The van der Waals surface area contributed by atoms with E-state index in [2.05, 4.69) is 4.98 Å². The number of aromatic nitrogens is 1. The first kappa shape index (κ1) is 16.6. The Morgan fingerprint density at radius 1 is 1.00 bits per heavy atom. The minimum atomic E-state index is -0.507. The summed E-state index contributed by atoms with van der Waals surface area (Å²) in [6, 6.07) is 11.0. The van der Waals surface area contributed by atoms with Crippen LogP contribution in [0.5, 0.6) is 5.75 Å². The van der Waals surface area contributed by atoms with E-state index in [4.69, 9.17) is 4.74 Å². The van der Waals surface area contributed by atoms with E-state index in [1.807, 2.05) is 24.3 Å². The highest BCUT2D eigenvalue weighted by atomic mass is 16.5. The van der Waals surface area contributed by atoms with Gasteiger partial charge in [0, 0.05) is 31.0 Å². The third-order valence-corrected chi connectivity index (χ3v) is 5.23. The molecule has 1 aliphatic heterocycles. The number of rotatable bonds is 4. The van der Waals surface area contributed by atoms with Crippen LogP contribution in [-0.4, -0.2) is 47.0 Å². The van der Waals surface area contributed by atoms with Crippen LogP contribution in [0, 0.1) is 0 Å². The molecule has 0 spiro atoms. The first-order valence-electron chi connectivity index (χ1n) is 8.84. The van der Waals surface area contributed by atoms with Gasteiger partial charge >= 0.3 is 0 Å². The molecule has 1 aliphatic carbocycles. The average molecular weight is 351 g/mol. The fourth-order valence-electron chi connectivity index (χ4n) is 3.59. The van der Waals surface area contributed by atoms with Crippen LogP contribution in [0.3, 0.4) is 0 Å². The highest BCUT2D eigenvalue weighted by molar-refractivity contribution is 5.98. The molecule has 6 heteroatoms. The number of hydrogen-bond donors (Lipinski definition) is 0. The van der Waals surface area contributed by atoms with Crippen molar-refractivity contribution in [3.05, 3.63) is 59.9 Å². The van der Waals surface area contributed by atoms with E-state index in [9.17, 15) is 9.59 Å². The summed E-state index contributed by atoms with van der Waals surface area (Å²) in [4.78, 5) is 30.1. The van der Waals surface area contributed by atoms with Crippen LogP contribution in [-0.2, 0) is 10.2 Å². The lowest BCUT2D eigenvalue weighted by atomic mass is 9.94. The second-order valence-electron chi connectivity index (χ2n) is 6.76. The Kier molecular flexibility index (Phi) is 4.11. The number of ether oxygens (including phenoxy) is 1. The van der Waals surface area contributed by atoms with Crippen molar-refractivity contribution in [2.24, 2.45) is 0 Å². The van der Waals surface area contributed by atoms with Gasteiger partial charge < -0.3 is 4.74 Å². The summed E-state index contributed by atoms with van der Waals surface area (Å²) in [6.07, 6.45) is 5.60. The zero-order valence-electron chi connectivity index (χ0n) is 14.7. The summed E-state index contributed by atoms with van der Waals surface area (Å²) in [5, 5.41) is 3.22. The molecule has 0 unspecified atom stereocenters. The first-order chi connectivity index (χ1) is 12.7. The van der Waals surface area contributed by atoms with E-state index in [0.717, 1.165) is 30.6 Å². The van der Waals surface area contributed by atoms with Crippen molar-refractivity contribution < 1.29 is 14.3 Å². The summed E-state index contributed by atoms with van der Waals surface area (Å²) in [6.45, 7) is 1.14. The van der Waals surface area contributed by atoms with Gasteiger partial charge in [0.25, 0.3) is 11.8 Å². The molecular formula is C20H21N3O3. The molecule has 2 aliphatic rings. The standard InChI is InChI=1S/C20H21N3O3/c1-26-17-5-3-16(4-6-17)20(9-10-20)19(25)23-14-2-13-22(23)18(24)15-7-11-21-12-8-15/h3-8,11-12H,2,9-10,13-14H2,1H3. The van der Waals surface area contributed by atoms with Gasteiger partial charge in [-0.25, -0.2) is 5.01 Å². The third kappa shape index (κ3) is 2.71.